The molecule has 0 radical (unpaired) electrons. The molecule has 0 saturated carbocycles. The van der Waals surface area contributed by atoms with Crippen LogP contribution in [0.2, 0.25) is 0 Å². The van der Waals surface area contributed by atoms with Gasteiger partial charge in [-0.2, -0.15) is 0 Å². The molecule has 1 atom stereocenters. The molecule has 0 aromatic heterocycles. The van der Waals surface area contributed by atoms with Gasteiger partial charge in [0.05, 0.1) is 0 Å². The lowest BCUT2D eigenvalue weighted by atomic mass is 10.0. The minimum absolute atomic E-state index is 0.439. The lowest BCUT2D eigenvalue weighted by molar-refractivity contribution is 0.0754. The van der Waals surface area contributed by atoms with Crippen LogP contribution in [-0.4, -0.2) is 19.3 Å². The zero-order valence-corrected chi connectivity index (χ0v) is 9.28. The average Bonchev–Trinajstić information content (AvgIpc) is 2.31. The molecular formula is C13H19NO. The van der Waals surface area contributed by atoms with Gasteiger partial charge in [-0.05, 0) is 25.3 Å². The second kappa shape index (κ2) is 5.29. The van der Waals surface area contributed by atoms with Crippen molar-refractivity contribution in [3.8, 4) is 0 Å². The summed E-state index contributed by atoms with van der Waals surface area (Å²) in [5.41, 5.74) is 1.36. The van der Waals surface area contributed by atoms with Crippen molar-refractivity contribution in [1.82, 2.24) is 5.32 Å². The van der Waals surface area contributed by atoms with Gasteiger partial charge in [-0.1, -0.05) is 30.3 Å². The fraction of sp³-hybridized carbons (Fsp3) is 0.538. The van der Waals surface area contributed by atoms with E-state index in [1.54, 1.807) is 0 Å². The largest absolute Gasteiger partial charge is 0.381 e. The summed E-state index contributed by atoms with van der Waals surface area (Å²) in [6, 6.07) is 11.7. The Morgan fingerprint density at radius 3 is 2.53 bits per heavy atom. The van der Waals surface area contributed by atoms with Crippen molar-refractivity contribution < 1.29 is 4.74 Å². The summed E-state index contributed by atoms with van der Waals surface area (Å²) in [6.45, 7) is 4.03. The highest BCUT2D eigenvalue weighted by atomic mass is 16.5. The van der Waals surface area contributed by atoms with Gasteiger partial charge < -0.3 is 10.1 Å². The summed E-state index contributed by atoms with van der Waals surface area (Å²) in [5.74, 6) is 0. The summed E-state index contributed by atoms with van der Waals surface area (Å²) >= 11 is 0. The molecule has 2 rings (SSSR count). The molecule has 0 unspecified atom stereocenters. The quantitative estimate of drug-likeness (QED) is 0.818. The molecule has 1 heterocycles. The lowest BCUT2D eigenvalue weighted by Crippen LogP contribution is -2.36. The molecule has 1 aliphatic rings. The van der Waals surface area contributed by atoms with Crippen LogP contribution in [0.25, 0.3) is 0 Å². The SMILES string of the molecule is C[C@H](NC1CCOCC1)c1ccccc1. The van der Waals surface area contributed by atoms with E-state index in [1.165, 1.54) is 5.56 Å². The van der Waals surface area contributed by atoms with E-state index < -0.39 is 0 Å². The first kappa shape index (κ1) is 10.7. The number of hydrogen-bond donors (Lipinski definition) is 1. The van der Waals surface area contributed by atoms with E-state index in [-0.39, 0.29) is 0 Å². The van der Waals surface area contributed by atoms with Crippen LogP contribution in [0, 0.1) is 0 Å². The second-order valence-electron chi connectivity index (χ2n) is 4.19. The second-order valence-corrected chi connectivity index (χ2v) is 4.19. The van der Waals surface area contributed by atoms with Gasteiger partial charge >= 0.3 is 0 Å². The summed E-state index contributed by atoms with van der Waals surface area (Å²) in [5, 5.41) is 3.66. The summed E-state index contributed by atoms with van der Waals surface area (Å²) < 4.78 is 5.35. The number of nitrogens with one attached hydrogen (secondary N) is 1. The number of hydrogen-bond acceptors (Lipinski definition) is 2. The molecule has 0 spiro atoms. The normalized spacial score (nSPS) is 20.1. The van der Waals surface area contributed by atoms with Crippen LogP contribution in [0.4, 0.5) is 0 Å². The van der Waals surface area contributed by atoms with Gasteiger partial charge in [0, 0.05) is 25.3 Å². The highest BCUT2D eigenvalue weighted by Crippen LogP contribution is 2.15. The zero-order valence-electron chi connectivity index (χ0n) is 9.28. The minimum atomic E-state index is 0.439. The van der Waals surface area contributed by atoms with Gasteiger partial charge in [-0.3, -0.25) is 0 Å². The average molecular weight is 205 g/mol. The van der Waals surface area contributed by atoms with Crippen molar-refractivity contribution in [2.24, 2.45) is 0 Å². The van der Waals surface area contributed by atoms with Crippen LogP contribution in [0.3, 0.4) is 0 Å². The van der Waals surface area contributed by atoms with E-state index >= 15 is 0 Å². The van der Waals surface area contributed by atoms with E-state index in [9.17, 15) is 0 Å². The van der Waals surface area contributed by atoms with E-state index in [1.807, 2.05) is 0 Å². The van der Waals surface area contributed by atoms with E-state index in [0.29, 0.717) is 12.1 Å². The van der Waals surface area contributed by atoms with Crippen LogP contribution < -0.4 is 5.32 Å². The van der Waals surface area contributed by atoms with Crippen molar-refractivity contribution in [2.75, 3.05) is 13.2 Å². The van der Waals surface area contributed by atoms with Crippen LogP contribution in [-0.2, 0) is 4.74 Å². The third-order valence-electron chi connectivity index (χ3n) is 3.01. The van der Waals surface area contributed by atoms with Crippen LogP contribution >= 0.6 is 0 Å². The number of benzene rings is 1. The summed E-state index contributed by atoms with van der Waals surface area (Å²) in [6.07, 6.45) is 2.27. The Bertz CT molecular complexity index is 280. The molecule has 1 N–H and O–H groups in total. The van der Waals surface area contributed by atoms with E-state index in [4.69, 9.17) is 4.74 Å². The molecule has 0 bridgehead atoms. The third kappa shape index (κ3) is 3.05. The van der Waals surface area contributed by atoms with Gasteiger partial charge in [0.15, 0.2) is 0 Å². The molecule has 1 aromatic rings. The predicted octanol–water partition coefficient (Wildman–Crippen LogP) is 2.52. The Balaban J connectivity index is 1.88. The molecule has 1 aliphatic heterocycles. The van der Waals surface area contributed by atoms with Crippen molar-refractivity contribution in [1.29, 1.82) is 0 Å². The van der Waals surface area contributed by atoms with Crippen LogP contribution in [0.1, 0.15) is 31.4 Å². The van der Waals surface area contributed by atoms with Gasteiger partial charge in [0.1, 0.15) is 0 Å². The highest BCUT2D eigenvalue weighted by Gasteiger charge is 2.16. The first-order valence-corrected chi connectivity index (χ1v) is 5.75. The maximum atomic E-state index is 5.35. The maximum Gasteiger partial charge on any atom is 0.0480 e. The summed E-state index contributed by atoms with van der Waals surface area (Å²) in [7, 11) is 0. The Morgan fingerprint density at radius 2 is 1.87 bits per heavy atom. The fourth-order valence-corrected chi connectivity index (χ4v) is 2.06. The molecule has 2 heteroatoms. The van der Waals surface area contributed by atoms with Crippen LogP contribution in [0.5, 0.6) is 0 Å². The zero-order chi connectivity index (χ0) is 10.5. The Labute approximate surface area is 91.6 Å². The lowest BCUT2D eigenvalue weighted by Gasteiger charge is -2.27. The third-order valence-corrected chi connectivity index (χ3v) is 3.01. The Kier molecular flexibility index (Phi) is 3.75. The van der Waals surface area contributed by atoms with Crippen molar-refractivity contribution in [2.45, 2.75) is 31.8 Å². The molecule has 2 nitrogen and oxygen atoms in total. The first-order chi connectivity index (χ1) is 7.36. The highest BCUT2D eigenvalue weighted by molar-refractivity contribution is 5.18. The Morgan fingerprint density at radius 1 is 1.20 bits per heavy atom. The van der Waals surface area contributed by atoms with Gasteiger partial charge in [0.2, 0.25) is 0 Å². The standard InChI is InChI=1S/C13H19NO/c1-11(12-5-3-2-4-6-12)14-13-7-9-15-10-8-13/h2-6,11,13-14H,7-10H2,1H3/t11-/m0/s1. The van der Waals surface area contributed by atoms with Gasteiger partial charge in [0.25, 0.3) is 0 Å². The Hall–Kier alpha value is -0.860. The van der Waals surface area contributed by atoms with Gasteiger partial charge in [-0.25, -0.2) is 0 Å². The molecule has 1 saturated heterocycles. The molecule has 0 amide bonds. The maximum absolute atomic E-state index is 5.35. The minimum Gasteiger partial charge on any atom is -0.381 e. The summed E-state index contributed by atoms with van der Waals surface area (Å²) in [4.78, 5) is 0. The van der Waals surface area contributed by atoms with Gasteiger partial charge in [-0.15, -0.1) is 0 Å². The molecule has 15 heavy (non-hydrogen) atoms. The van der Waals surface area contributed by atoms with Crippen molar-refractivity contribution in [3.63, 3.8) is 0 Å². The number of rotatable bonds is 3. The van der Waals surface area contributed by atoms with Crippen molar-refractivity contribution in [3.05, 3.63) is 35.9 Å². The molecule has 82 valence electrons. The number of ether oxygens (including phenoxy) is 1. The molecule has 1 fully saturated rings. The predicted molar refractivity (Wildman–Crippen MR) is 61.8 cm³/mol. The van der Waals surface area contributed by atoms with Crippen LogP contribution in [0.15, 0.2) is 30.3 Å². The van der Waals surface area contributed by atoms with Crippen molar-refractivity contribution >= 4 is 0 Å². The fourth-order valence-electron chi connectivity index (χ4n) is 2.06. The first-order valence-electron chi connectivity index (χ1n) is 5.75. The molecule has 1 aromatic carbocycles. The monoisotopic (exact) mass is 205 g/mol. The molecular weight excluding hydrogens is 186 g/mol. The topological polar surface area (TPSA) is 21.3 Å². The smallest absolute Gasteiger partial charge is 0.0480 e. The van der Waals surface area contributed by atoms with E-state index in [0.717, 1.165) is 26.1 Å². The van der Waals surface area contributed by atoms with E-state index in [2.05, 4.69) is 42.6 Å². The molecule has 0 aliphatic carbocycles.